The maximum atomic E-state index is 5.37. The summed E-state index contributed by atoms with van der Waals surface area (Å²) in [6.07, 6.45) is 3.69. The summed E-state index contributed by atoms with van der Waals surface area (Å²) < 4.78 is 7.20. The van der Waals surface area contributed by atoms with Gasteiger partial charge in [-0.25, -0.2) is 0 Å². The van der Waals surface area contributed by atoms with Gasteiger partial charge >= 0.3 is 0 Å². The molecule has 3 rings (SSSR count). The van der Waals surface area contributed by atoms with Gasteiger partial charge in [-0.3, -0.25) is 4.68 Å². The zero-order chi connectivity index (χ0) is 17.6. The molecule has 5 nitrogen and oxygen atoms in total. The van der Waals surface area contributed by atoms with E-state index in [4.69, 9.17) is 17.0 Å². The lowest BCUT2D eigenvalue weighted by molar-refractivity contribution is 0.417. The Bertz CT molecular complexity index is 875. The molecule has 0 saturated heterocycles. The topological polar surface area (TPSA) is 51.1 Å². The summed E-state index contributed by atoms with van der Waals surface area (Å²) in [4.78, 5) is 0. The van der Waals surface area contributed by atoms with Crippen LogP contribution in [0.5, 0.6) is 5.75 Å². The molecule has 1 heterocycles. The first-order chi connectivity index (χ1) is 12.2. The van der Waals surface area contributed by atoms with Gasteiger partial charge in [0.25, 0.3) is 0 Å². The number of ether oxygens (including phenoxy) is 1. The number of benzene rings is 2. The summed E-state index contributed by atoms with van der Waals surface area (Å²) in [5, 5.41) is 11.2. The third-order valence-corrected chi connectivity index (χ3v) is 4.04. The van der Waals surface area contributed by atoms with Crippen LogP contribution in [-0.4, -0.2) is 22.0 Å². The fraction of sp³-hybridized carbons (Fsp3) is 0.158. The SMILES string of the molecule is COc1ccccc1NC(=S)Nc1cnn(Cc2ccccc2C)c1. The number of hydrogen-bond acceptors (Lipinski definition) is 3. The quantitative estimate of drug-likeness (QED) is 0.678. The molecule has 3 aromatic rings. The van der Waals surface area contributed by atoms with E-state index in [9.17, 15) is 0 Å². The first-order valence-electron chi connectivity index (χ1n) is 7.93. The summed E-state index contributed by atoms with van der Waals surface area (Å²) >= 11 is 5.37. The second-order valence-electron chi connectivity index (χ2n) is 5.63. The molecular formula is C19H20N4OS. The first kappa shape index (κ1) is 17.0. The molecular weight excluding hydrogens is 332 g/mol. The van der Waals surface area contributed by atoms with Gasteiger partial charge in [-0.05, 0) is 42.4 Å². The van der Waals surface area contributed by atoms with Crippen LogP contribution in [0, 0.1) is 6.92 Å². The van der Waals surface area contributed by atoms with Gasteiger partial charge in [0.05, 0.1) is 31.2 Å². The summed E-state index contributed by atoms with van der Waals surface area (Å²) in [6, 6.07) is 15.9. The smallest absolute Gasteiger partial charge is 0.175 e. The highest BCUT2D eigenvalue weighted by molar-refractivity contribution is 7.80. The third kappa shape index (κ3) is 4.36. The number of methoxy groups -OCH3 is 1. The lowest BCUT2D eigenvalue weighted by Crippen LogP contribution is -2.19. The van der Waals surface area contributed by atoms with E-state index < -0.39 is 0 Å². The average molecular weight is 352 g/mol. The minimum absolute atomic E-state index is 0.486. The van der Waals surface area contributed by atoms with Crippen molar-refractivity contribution in [2.75, 3.05) is 17.7 Å². The monoisotopic (exact) mass is 352 g/mol. The summed E-state index contributed by atoms with van der Waals surface area (Å²) in [7, 11) is 1.63. The fourth-order valence-electron chi connectivity index (χ4n) is 2.51. The van der Waals surface area contributed by atoms with Gasteiger partial charge in [-0.15, -0.1) is 0 Å². The number of para-hydroxylation sites is 2. The Balaban J connectivity index is 1.63. The molecule has 128 valence electrons. The Morgan fingerprint density at radius 3 is 2.68 bits per heavy atom. The van der Waals surface area contributed by atoms with E-state index in [0.29, 0.717) is 5.11 Å². The largest absolute Gasteiger partial charge is 0.495 e. The predicted molar refractivity (Wildman–Crippen MR) is 105 cm³/mol. The highest BCUT2D eigenvalue weighted by atomic mass is 32.1. The van der Waals surface area contributed by atoms with Crippen molar-refractivity contribution in [2.45, 2.75) is 13.5 Å². The zero-order valence-electron chi connectivity index (χ0n) is 14.2. The van der Waals surface area contributed by atoms with E-state index in [-0.39, 0.29) is 0 Å². The van der Waals surface area contributed by atoms with Gasteiger partial charge in [0, 0.05) is 6.20 Å². The van der Waals surface area contributed by atoms with Gasteiger partial charge in [-0.1, -0.05) is 36.4 Å². The van der Waals surface area contributed by atoms with Crippen LogP contribution in [0.1, 0.15) is 11.1 Å². The first-order valence-corrected chi connectivity index (χ1v) is 8.34. The molecule has 2 aromatic carbocycles. The van der Waals surface area contributed by atoms with Crippen LogP contribution in [0.15, 0.2) is 60.9 Å². The van der Waals surface area contributed by atoms with Crippen molar-refractivity contribution in [2.24, 2.45) is 0 Å². The standard InChI is InChI=1S/C19H20N4OS/c1-14-7-3-4-8-15(14)12-23-13-16(11-20-23)21-19(25)22-17-9-5-6-10-18(17)24-2/h3-11,13H,12H2,1-2H3,(H2,21,22,25). The van der Waals surface area contributed by atoms with Crippen molar-refractivity contribution in [3.8, 4) is 5.75 Å². The zero-order valence-corrected chi connectivity index (χ0v) is 15.0. The van der Waals surface area contributed by atoms with E-state index >= 15 is 0 Å². The van der Waals surface area contributed by atoms with Crippen LogP contribution in [0.3, 0.4) is 0 Å². The second-order valence-corrected chi connectivity index (χ2v) is 6.04. The van der Waals surface area contributed by atoms with E-state index in [2.05, 4.69) is 34.8 Å². The van der Waals surface area contributed by atoms with Crippen molar-refractivity contribution < 1.29 is 4.74 Å². The van der Waals surface area contributed by atoms with Crippen LogP contribution in [0.25, 0.3) is 0 Å². The van der Waals surface area contributed by atoms with Gasteiger partial charge in [0.1, 0.15) is 5.75 Å². The molecule has 0 radical (unpaired) electrons. The molecule has 25 heavy (non-hydrogen) atoms. The predicted octanol–water partition coefficient (Wildman–Crippen LogP) is 4.06. The number of rotatable bonds is 5. The number of nitrogens with one attached hydrogen (secondary N) is 2. The van der Waals surface area contributed by atoms with E-state index in [1.165, 1.54) is 11.1 Å². The number of thiocarbonyl (C=S) groups is 1. The lowest BCUT2D eigenvalue weighted by atomic mass is 10.1. The van der Waals surface area contributed by atoms with E-state index in [1.807, 2.05) is 47.3 Å². The Morgan fingerprint density at radius 1 is 1.12 bits per heavy atom. The molecule has 6 heteroatoms. The minimum atomic E-state index is 0.486. The van der Waals surface area contributed by atoms with Crippen molar-refractivity contribution in [3.05, 3.63) is 72.1 Å². The maximum Gasteiger partial charge on any atom is 0.175 e. The molecule has 0 aliphatic rings. The Labute approximate surface area is 152 Å². The molecule has 0 aliphatic heterocycles. The average Bonchev–Trinajstić information content (AvgIpc) is 3.04. The fourth-order valence-corrected chi connectivity index (χ4v) is 2.74. The van der Waals surface area contributed by atoms with Gasteiger partial charge in [-0.2, -0.15) is 5.10 Å². The highest BCUT2D eigenvalue weighted by Crippen LogP contribution is 2.23. The normalized spacial score (nSPS) is 10.3. The molecule has 0 bridgehead atoms. The summed E-state index contributed by atoms with van der Waals surface area (Å²) in [5.74, 6) is 0.738. The van der Waals surface area contributed by atoms with Crippen molar-refractivity contribution >= 4 is 28.7 Å². The molecule has 0 aliphatic carbocycles. The van der Waals surface area contributed by atoms with Gasteiger partial charge in [0.2, 0.25) is 0 Å². The second kappa shape index (κ2) is 7.81. The summed E-state index contributed by atoms with van der Waals surface area (Å²) in [5.41, 5.74) is 4.14. The van der Waals surface area contributed by atoms with Crippen molar-refractivity contribution in [3.63, 3.8) is 0 Å². The number of nitrogens with zero attached hydrogens (tertiary/aromatic N) is 2. The molecule has 1 aromatic heterocycles. The molecule has 0 saturated carbocycles. The van der Waals surface area contributed by atoms with Crippen LogP contribution in [-0.2, 0) is 6.54 Å². The number of aryl methyl sites for hydroxylation is 1. The van der Waals surface area contributed by atoms with E-state index in [0.717, 1.165) is 23.7 Å². The van der Waals surface area contributed by atoms with Gasteiger partial charge in [0.15, 0.2) is 5.11 Å². The molecule has 0 fully saturated rings. The van der Waals surface area contributed by atoms with Crippen LogP contribution in [0.4, 0.5) is 11.4 Å². The van der Waals surface area contributed by atoms with Crippen LogP contribution in [0.2, 0.25) is 0 Å². The Morgan fingerprint density at radius 2 is 1.88 bits per heavy atom. The number of aromatic nitrogens is 2. The third-order valence-electron chi connectivity index (χ3n) is 3.84. The Hall–Kier alpha value is -2.86. The van der Waals surface area contributed by atoms with Gasteiger partial charge < -0.3 is 15.4 Å². The number of hydrogen-bond donors (Lipinski definition) is 2. The minimum Gasteiger partial charge on any atom is -0.495 e. The molecule has 0 spiro atoms. The Kier molecular flexibility index (Phi) is 5.30. The van der Waals surface area contributed by atoms with Crippen molar-refractivity contribution in [1.29, 1.82) is 0 Å². The maximum absolute atomic E-state index is 5.37. The van der Waals surface area contributed by atoms with Crippen molar-refractivity contribution in [1.82, 2.24) is 9.78 Å². The number of anilines is 2. The molecule has 0 atom stereocenters. The highest BCUT2D eigenvalue weighted by Gasteiger charge is 2.06. The molecule has 0 amide bonds. The lowest BCUT2D eigenvalue weighted by Gasteiger charge is -2.12. The van der Waals surface area contributed by atoms with E-state index in [1.54, 1.807) is 13.3 Å². The van der Waals surface area contributed by atoms with Crippen LogP contribution < -0.4 is 15.4 Å². The summed E-state index contributed by atoms with van der Waals surface area (Å²) in [6.45, 7) is 2.82. The molecule has 2 N–H and O–H groups in total. The van der Waals surface area contributed by atoms with Crippen LogP contribution >= 0.6 is 12.2 Å². The molecule has 0 unspecified atom stereocenters.